The van der Waals surface area contributed by atoms with E-state index in [1.165, 1.54) is 64.2 Å². The summed E-state index contributed by atoms with van der Waals surface area (Å²) < 4.78 is 47.7. The third-order valence-electron chi connectivity index (χ3n) is 9.70. The maximum absolute atomic E-state index is 12.7. The van der Waals surface area contributed by atoms with Gasteiger partial charge < -0.3 is 39.5 Å². The summed E-state index contributed by atoms with van der Waals surface area (Å²) in [7, 11) is -9.75. The summed E-state index contributed by atoms with van der Waals surface area (Å²) in [5.74, 6) is -0.419. The van der Waals surface area contributed by atoms with Gasteiger partial charge in [-0.2, -0.15) is 0 Å². The van der Waals surface area contributed by atoms with E-state index in [1.54, 1.807) is 30.4 Å². The van der Waals surface area contributed by atoms with E-state index in [4.69, 9.17) is 23.8 Å². The Kier molecular flexibility index (Phi) is 40.0. The molecule has 0 rings (SSSR count). The zero-order valence-electron chi connectivity index (χ0n) is 39.5. The molecule has 0 fully saturated rings. The first-order valence-electron chi connectivity index (χ1n) is 23.7. The number of hydrogen-bond donors (Lipinski definition) is 6. The molecular weight excluding hydrogens is 878 g/mol. The molecule has 0 radical (unpaired) electrons. The fourth-order valence-electron chi connectivity index (χ4n) is 6.10. The van der Waals surface area contributed by atoms with E-state index < -0.39 is 78.4 Å². The van der Waals surface area contributed by atoms with Crippen molar-refractivity contribution in [1.82, 2.24) is 0 Å². The van der Waals surface area contributed by atoms with Crippen molar-refractivity contribution in [3.8, 4) is 0 Å². The van der Waals surface area contributed by atoms with Gasteiger partial charge in [0.05, 0.1) is 32.0 Å². The maximum atomic E-state index is 12.7. The first kappa shape index (κ1) is 62.5. The monoisotopic (exact) mass is 963 g/mol. The van der Waals surface area contributed by atoms with Crippen molar-refractivity contribution in [3.63, 3.8) is 0 Å². The van der Waals surface area contributed by atoms with Crippen LogP contribution in [0.15, 0.2) is 72.9 Å². The summed E-state index contributed by atoms with van der Waals surface area (Å²) in [4.78, 5) is 52.8. The lowest BCUT2D eigenvalue weighted by molar-refractivity contribution is -0.161. The van der Waals surface area contributed by atoms with E-state index in [0.29, 0.717) is 32.1 Å². The number of phosphoric ester groups is 2. The Hall–Kier alpha value is -2.52. The summed E-state index contributed by atoms with van der Waals surface area (Å²) in [6.07, 6.45) is 38.3. The van der Waals surface area contributed by atoms with Crippen LogP contribution in [0.1, 0.15) is 162 Å². The van der Waals surface area contributed by atoms with Crippen LogP contribution in [0.25, 0.3) is 0 Å². The number of unbranched alkanes of at least 4 members (excludes halogenated alkanes) is 14. The van der Waals surface area contributed by atoms with Gasteiger partial charge >= 0.3 is 27.6 Å². The smallest absolute Gasteiger partial charge is 0.462 e. The van der Waals surface area contributed by atoms with Crippen LogP contribution >= 0.6 is 15.6 Å². The molecule has 0 amide bonds. The molecule has 0 saturated heterocycles. The Morgan fingerprint density at radius 2 is 1.11 bits per heavy atom. The largest absolute Gasteiger partial charge is 0.472 e. The van der Waals surface area contributed by atoms with Gasteiger partial charge in [0.1, 0.15) is 12.7 Å². The standard InChI is InChI=1S/C48H84O15P2/c1-4-5-24-32-43(49)33-26-20-16-14-17-21-27-34-44(50)35-28-23-30-36-47(52)59-40-46(41-62-65(57,58)61-39-45(51)38-60-64(54,55)56)63-48(53)37-29-22-18-13-11-9-7-6-8-10-12-15-19-25-31-42(2)3/h5,16-17,20-21,24,26-28,33-35,42-46,49-51H,4,6-15,18-19,22-23,25,29-32,36-41H2,1-3H3,(H,57,58)(H2,54,55,56)/b20-16-,21-17-,24-5-,33-26+,34-27+,35-28-/t43-,44-,45+,46-/m1/s1. The van der Waals surface area contributed by atoms with Gasteiger partial charge in [-0.1, -0.05) is 184 Å². The number of rotatable bonds is 43. The maximum Gasteiger partial charge on any atom is 0.472 e. The molecule has 0 saturated carbocycles. The summed E-state index contributed by atoms with van der Waals surface area (Å²) in [6.45, 7) is 3.68. The Morgan fingerprint density at radius 3 is 1.69 bits per heavy atom. The van der Waals surface area contributed by atoms with Crippen LogP contribution in [0.4, 0.5) is 0 Å². The predicted octanol–water partition coefficient (Wildman–Crippen LogP) is 10.4. The van der Waals surface area contributed by atoms with Crippen molar-refractivity contribution < 1.29 is 71.8 Å². The van der Waals surface area contributed by atoms with Gasteiger partial charge in [0, 0.05) is 12.8 Å². The van der Waals surface area contributed by atoms with Crippen LogP contribution < -0.4 is 0 Å². The van der Waals surface area contributed by atoms with Crippen molar-refractivity contribution in [2.24, 2.45) is 5.92 Å². The molecule has 17 heteroatoms. The van der Waals surface area contributed by atoms with Crippen LogP contribution in [0.2, 0.25) is 0 Å². The highest BCUT2D eigenvalue weighted by molar-refractivity contribution is 7.47. The number of hydrogen-bond acceptors (Lipinski definition) is 12. The van der Waals surface area contributed by atoms with E-state index >= 15 is 0 Å². The molecule has 0 bridgehead atoms. The second-order valence-corrected chi connectivity index (χ2v) is 19.2. The van der Waals surface area contributed by atoms with Gasteiger partial charge in [0.15, 0.2) is 6.10 Å². The molecule has 0 aliphatic carbocycles. The van der Waals surface area contributed by atoms with Gasteiger partial charge in [-0.25, -0.2) is 9.13 Å². The van der Waals surface area contributed by atoms with Gasteiger partial charge in [0.25, 0.3) is 0 Å². The van der Waals surface area contributed by atoms with Gasteiger partial charge in [-0.3, -0.25) is 23.2 Å². The van der Waals surface area contributed by atoms with E-state index in [1.807, 2.05) is 49.5 Å². The molecule has 5 atom stereocenters. The highest BCUT2D eigenvalue weighted by Crippen LogP contribution is 2.43. The second kappa shape index (κ2) is 41.7. The molecule has 6 N–H and O–H groups in total. The third-order valence-corrected chi connectivity index (χ3v) is 11.1. The molecule has 65 heavy (non-hydrogen) atoms. The molecule has 0 aliphatic heterocycles. The molecular formula is C48H84O15P2. The minimum absolute atomic E-state index is 0.00691. The van der Waals surface area contributed by atoms with Gasteiger partial charge in [-0.05, 0) is 44.4 Å². The van der Waals surface area contributed by atoms with Crippen molar-refractivity contribution in [2.45, 2.75) is 186 Å². The van der Waals surface area contributed by atoms with E-state index in [0.717, 1.165) is 38.0 Å². The first-order chi connectivity index (χ1) is 31.0. The number of ether oxygens (including phenoxy) is 2. The average molecular weight is 963 g/mol. The van der Waals surface area contributed by atoms with Gasteiger partial charge in [0.2, 0.25) is 0 Å². The number of allylic oxidation sites excluding steroid dienone is 8. The summed E-state index contributed by atoms with van der Waals surface area (Å²) >= 11 is 0. The Labute approximate surface area is 390 Å². The Bertz CT molecular complexity index is 1470. The van der Waals surface area contributed by atoms with E-state index in [2.05, 4.69) is 22.9 Å². The summed E-state index contributed by atoms with van der Waals surface area (Å²) in [5.41, 5.74) is 0. The fraction of sp³-hybridized carbons (Fsp3) is 0.708. The minimum atomic E-state index is -4.89. The molecule has 15 nitrogen and oxygen atoms in total. The lowest BCUT2D eigenvalue weighted by Crippen LogP contribution is -2.30. The molecule has 0 aromatic carbocycles. The average Bonchev–Trinajstić information content (AvgIpc) is 3.24. The van der Waals surface area contributed by atoms with Crippen molar-refractivity contribution in [1.29, 1.82) is 0 Å². The lowest BCUT2D eigenvalue weighted by atomic mass is 10.0. The number of esters is 2. The van der Waals surface area contributed by atoms with E-state index in [-0.39, 0.29) is 12.8 Å². The van der Waals surface area contributed by atoms with Crippen LogP contribution in [0.3, 0.4) is 0 Å². The molecule has 0 spiro atoms. The third kappa shape index (κ3) is 46.4. The van der Waals surface area contributed by atoms with Crippen molar-refractivity contribution >= 4 is 27.6 Å². The number of aliphatic hydroxyl groups is 3. The van der Waals surface area contributed by atoms with Crippen LogP contribution in [0, 0.1) is 5.92 Å². The van der Waals surface area contributed by atoms with E-state index in [9.17, 15) is 38.9 Å². The van der Waals surface area contributed by atoms with Crippen molar-refractivity contribution in [2.75, 3.05) is 26.4 Å². The normalized spacial score (nSPS) is 15.6. The fourth-order valence-corrected chi connectivity index (χ4v) is 7.25. The number of aliphatic hydroxyl groups excluding tert-OH is 3. The molecule has 0 aromatic rings. The Balaban J connectivity index is 4.69. The molecule has 0 aliphatic rings. The zero-order valence-corrected chi connectivity index (χ0v) is 41.2. The predicted molar refractivity (Wildman–Crippen MR) is 256 cm³/mol. The highest BCUT2D eigenvalue weighted by Gasteiger charge is 2.28. The van der Waals surface area contributed by atoms with Crippen LogP contribution in [-0.2, 0) is 41.8 Å². The van der Waals surface area contributed by atoms with Gasteiger partial charge in [-0.15, -0.1) is 0 Å². The topological polar surface area (TPSA) is 236 Å². The Morgan fingerprint density at radius 1 is 0.569 bits per heavy atom. The highest BCUT2D eigenvalue weighted by atomic mass is 31.2. The number of carbonyl (C=O) groups is 2. The van der Waals surface area contributed by atoms with Crippen LogP contribution in [-0.4, -0.2) is 92.8 Å². The molecule has 0 aromatic heterocycles. The minimum Gasteiger partial charge on any atom is -0.462 e. The number of phosphoric acid groups is 2. The van der Waals surface area contributed by atoms with Crippen molar-refractivity contribution in [3.05, 3.63) is 72.9 Å². The zero-order chi connectivity index (χ0) is 48.4. The van der Waals surface area contributed by atoms with Crippen LogP contribution in [0.5, 0.6) is 0 Å². The summed E-state index contributed by atoms with van der Waals surface area (Å²) in [5, 5.41) is 29.8. The molecule has 1 unspecified atom stereocenters. The summed E-state index contributed by atoms with van der Waals surface area (Å²) in [6, 6.07) is 0. The lowest BCUT2D eigenvalue weighted by Gasteiger charge is -2.20. The SMILES string of the molecule is CC/C=C\C[C@@H](O)/C=C/C=C\C/C=C\C=C\[C@@H](O)/C=C\CCCC(=O)OC[C@H](COP(=O)(O)OC[C@@H](O)COP(=O)(O)O)OC(=O)CCCCCCCCCCCCCCCCC(C)C. The molecule has 0 heterocycles. The second-order valence-electron chi connectivity index (χ2n) is 16.5. The number of carbonyl (C=O) groups excluding carboxylic acids is 2. The molecule has 376 valence electrons. The quantitative estimate of drug-likeness (QED) is 0.0110. The first-order valence-corrected chi connectivity index (χ1v) is 26.7.